The van der Waals surface area contributed by atoms with Crippen LogP contribution in [0.25, 0.3) is 0 Å². The highest BCUT2D eigenvalue weighted by Crippen LogP contribution is 2.16. The molecular formula is C9H17ClN4O2S. The Bertz CT molecular complexity index is 481. The molecule has 1 heterocycles. The van der Waals surface area contributed by atoms with Crippen LogP contribution in [0.3, 0.4) is 0 Å². The molecule has 0 aromatic carbocycles. The van der Waals surface area contributed by atoms with Gasteiger partial charge in [0.1, 0.15) is 5.82 Å². The number of nitrogens with zero attached hydrogens (tertiary/aromatic N) is 4. The lowest BCUT2D eigenvalue weighted by Gasteiger charge is -2.13. The maximum Gasteiger partial charge on any atom is 0.296 e. The Hall–Kier alpha value is -0.660. The van der Waals surface area contributed by atoms with Gasteiger partial charge in [-0.25, -0.2) is 8.42 Å². The minimum absolute atomic E-state index is 0.176. The van der Waals surface area contributed by atoms with E-state index in [4.69, 9.17) is 10.7 Å². The molecule has 17 heavy (non-hydrogen) atoms. The second kappa shape index (κ2) is 5.32. The predicted octanol–water partition coefficient (Wildman–Crippen LogP) is 0.923. The first-order chi connectivity index (χ1) is 7.71. The third-order valence-corrected chi connectivity index (χ3v) is 3.17. The number of rotatable bonds is 5. The topological polar surface area (TPSA) is 68.1 Å². The second-order valence-electron chi connectivity index (χ2n) is 4.58. The van der Waals surface area contributed by atoms with Crippen molar-refractivity contribution in [3.63, 3.8) is 0 Å². The molecule has 8 heteroatoms. The molecular weight excluding hydrogens is 264 g/mol. The number of aromatic nitrogens is 3. The van der Waals surface area contributed by atoms with Crippen LogP contribution in [0.2, 0.25) is 0 Å². The smallest absolute Gasteiger partial charge is 0.296 e. The highest BCUT2D eigenvalue weighted by atomic mass is 35.7. The van der Waals surface area contributed by atoms with Crippen molar-refractivity contribution >= 4 is 19.7 Å². The summed E-state index contributed by atoms with van der Waals surface area (Å²) in [7, 11) is 5.24. The zero-order valence-electron chi connectivity index (χ0n) is 10.4. The average molecular weight is 281 g/mol. The zero-order chi connectivity index (χ0) is 13.2. The lowest BCUT2D eigenvalue weighted by Crippen LogP contribution is -2.19. The fourth-order valence-electron chi connectivity index (χ4n) is 1.45. The fraction of sp³-hybridized carbons (Fsp3) is 0.778. The molecule has 6 nitrogen and oxygen atoms in total. The molecule has 1 aromatic rings. The maximum absolute atomic E-state index is 11.4. The van der Waals surface area contributed by atoms with E-state index in [1.54, 1.807) is 4.57 Å². The molecule has 0 amide bonds. The summed E-state index contributed by atoms with van der Waals surface area (Å²) in [6.45, 7) is 5.03. The van der Waals surface area contributed by atoms with Crippen LogP contribution >= 0.6 is 10.7 Å². The van der Waals surface area contributed by atoms with E-state index in [0.29, 0.717) is 18.9 Å². The van der Waals surface area contributed by atoms with Gasteiger partial charge in [-0.1, -0.05) is 13.8 Å². The van der Waals surface area contributed by atoms with Gasteiger partial charge in [-0.2, -0.15) is 0 Å². The van der Waals surface area contributed by atoms with Crippen LogP contribution in [0, 0.1) is 5.92 Å². The van der Waals surface area contributed by atoms with Crippen LogP contribution in [0.15, 0.2) is 5.16 Å². The molecule has 0 fully saturated rings. The van der Waals surface area contributed by atoms with E-state index in [-0.39, 0.29) is 11.1 Å². The van der Waals surface area contributed by atoms with Crippen LogP contribution in [-0.2, 0) is 22.1 Å². The Morgan fingerprint density at radius 1 is 1.35 bits per heavy atom. The van der Waals surface area contributed by atoms with Gasteiger partial charge in [-0.3, -0.25) is 4.57 Å². The molecule has 0 spiro atoms. The first-order valence-electron chi connectivity index (χ1n) is 5.23. The average Bonchev–Trinajstić information content (AvgIpc) is 2.45. The van der Waals surface area contributed by atoms with Crippen LogP contribution < -0.4 is 0 Å². The van der Waals surface area contributed by atoms with Gasteiger partial charge < -0.3 is 4.90 Å². The molecule has 0 aliphatic rings. The molecule has 0 N–H and O–H groups in total. The van der Waals surface area contributed by atoms with Gasteiger partial charge in [-0.05, 0) is 20.0 Å². The zero-order valence-corrected chi connectivity index (χ0v) is 12.0. The van der Waals surface area contributed by atoms with Gasteiger partial charge in [0, 0.05) is 17.2 Å². The van der Waals surface area contributed by atoms with Crippen LogP contribution in [0.4, 0.5) is 0 Å². The van der Waals surface area contributed by atoms with Gasteiger partial charge in [-0.15, -0.1) is 10.2 Å². The van der Waals surface area contributed by atoms with E-state index in [1.807, 2.05) is 32.8 Å². The van der Waals surface area contributed by atoms with E-state index in [9.17, 15) is 8.42 Å². The van der Waals surface area contributed by atoms with Crippen LogP contribution in [0.1, 0.15) is 19.7 Å². The van der Waals surface area contributed by atoms with E-state index < -0.39 is 9.05 Å². The Morgan fingerprint density at radius 2 is 1.94 bits per heavy atom. The molecule has 0 saturated carbocycles. The molecule has 0 aliphatic carbocycles. The van der Waals surface area contributed by atoms with Crippen molar-refractivity contribution in [3.05, 3.63) is 5.82 Å². The molecule has 0 radical (unpaired) electrons. The molecule has 98 valence electrons. The van der Waals surface area contributed by atoms with E-state index >= 15 is 0 Å². The number of hydrogen-bond acceptors (Lipinski definition) is 5. The lowest BCUT2D eigenvalue weighted by atomic mass is 10.2. The summed E-state index contributed by atoms with van der Waals surface area (Å²) < 4.78 is 24.3. The van der Waals surface area contributed by atoms with Crippen molar-refractivity contribution < 1.29 is 8.42 Å². The Morgan fingerprint density at radius 3 is 2.35 bits per heavy atom. The Kier molecular flexibility index (Phi) is 4.51. The minimum atomic E-state index is -3.85. The summed E-state index contributed by atoms with van der Waals surface area (Å²) in [4.78, 5) is 1.89. The van der Waals surface area contributed by atoms with Crippen molar-refractivity contribution in [1.29, 1.82) is 0 Å². The number of halogens is 1. The molecule has 0 saturated heterocycles. The van der Waals surface area contributed by atoms with Gasteiger partial charge in [0.2, 0.25) is 0 Å². The fourth-order valence-corrected chi connectivity index (χ4v) is 2.37. The number of hydrogen-bond donors (Lipinski definition) is 0. The van der Waals surface area contributed by atoms with E-state index in [2.05, 4.69) is 10.2 Å². The largest absolute Gasteiger partial charge is 0.302 e. The summed E-state index contributed by atoms with van der Waals surface area (Å²) in [6, 6.07) is 0. The first-order valence-corrected chi connectivity index (χ1v) is 7.54. The SMILES string of the molecule is CC(C)Cn1c(CN(C)C)nnc1S(=O)(=O)Cl. The van der Waals surface area contributed by atoms with Crippen molar-refractivity contribution in [1.82, 2.24) is 19.7 Å². The van der Waals surface area contributed by atoms with E-state index in [0.717, 1.165) is 0 Å². The van der Waals surface area contributed by atoms with Crippen molar-refractivity contribution in [2.45, 2.75) is 32.1 Å². The highest BCUT2D eigenvalue weighted by molar-refractivity contribution is 8.13. The van der Waals surface area contributed by atoms with Gasteiger partial charge >= 0.3 is 0 Å². The van der Waals surface area contributed by atoms with Gasteiger partial charge in [0.05, 0.1) is 6.54 Å². The van der Waals surface area contributed by atoms with Gasteiger partial charge in [0.15, 0.2) is 0 Å². The molecule has 1 rings (SSSR count). The summed E-state index contributed by atoms with van der Waals surface area (Å²) in [6.07, 6.45) is 0. The first kappa shape index (κ1) is 14.4. The molecule has 0 aliphatic heterocycles. The van der Waals surface area contributed by atoms with Gasteiger partial charge in [0.25, 0.3) is 14.2 Å². The summed E-state index contributed by atoms with van der Waals surface area (Å²) in [5.74, 6) is 0.881. The second-order valence-corrected chi connectivity index (χ2v) is 7.04. The molecule has 1 aromatic heterocycles. The third kappa shape index (κ3) is 3.93. The molecule has 0 atom stereocenters. The maximum atomic E-state index is 11.4. The van der Waals surface area contributed by atoms with Crippen molar-refractivity contribution in [2.75, 3.05) is 14.1 Å². The van der Waals surface area contributed by atoms with E-state index in [1.165, 1.54) is 0 Å². The molecule has 0 bridgehead atoms. The summed E-state index contributed by atoms with van der Waals surface area (Å²) >= 11 is 0. The predicted molar refractivity (Wildman–Crippen MR) is 65.3 cm³/mol. The lowest BCUT2D eigenvalue weighted by molar-refractivity contribution is 0.368. The normalized spacial score (nSPS) is 12.6. The van der Waals surface area contributed by atoms with Crippen molar-refractivity contribution in [3.8, 4) is 0 Å². The standard InChI is InChI=1S/C9H17ClN4O2S/c1-7(2)5-14-8(6-13(3)4)11-12-9(14)17(10,15)16/h7H,5-6H2,1-4H3. The quantitative estimate of drug-likeness (QED) is 0.751. The summed E-state index contributed by atoms with van der Waals surface area (Å²) in [5, 5.41) is 7.37. The van der Waals surface area contributed by atoms with Crippen LogP contribution in [-0.4, -0.2) is 42.2 Å². The third-order valence-electron chi connectivity index (χ3n) is 2.02. The molecule has 0 unspecified atom stereocenters. The monoisotopic (exact) mass is 280 g/mol. The Balaban J connectivity index is 3.20. The highest BCUT2D eigenvalue weighted by Gasteiger charge is 2.23. The minimum Gasteiger partial charge on any atom is -0.302 e. The van der Waals surface area contributed by atoms with Crippen molar-refractivity contribution in [2.24, 2.45) is 5.92 Å². The summed E-state index contributed by atoms with van der Waals surface area (Å²) in [5.41, 5.74) is 0. The van der Waals surface area contributed by atoms with Crippen LogP contribution in [0.5, 0.6) is 0 Å². The Labute approximate surface area is 106 Å².